The summed E-state index contributed by atoms with van der Waals surface area (Å²) >= 11 is 0. The average molecular weight is 105 g/mol. The average Bonchev–Trinajstić information content (AvgIpc) is 2.40. The maximum Gasteiger partial charge on any atom is 0.268 e. The highest BCUT2D eigenvalue weighted by atomic mass is 14.4. The fourth-order valence-electron chi connectivity index (χ4n) is 1.82. The second kappa shape index (κ2) is 1.28. The summed E-state index contributed by atoms with van der Waals surface area (Å²) in [5.41, 5.74) is 0. The van der Waals surface area contributed by atoms with Gasteiger partial charge < -0.3 is 0 Å². The van der Waals surface area contributed by atoms with Crippen LogP contribution in [0.25, 0.3) is 0 Å². The third-order valence-corrected chi connectivity index (χ3v) is 2.43. The summed E-state index contributed by atoms with van der Waals surface area (Å²) in [6, 6.07) is 0. The number of nitriles is 1. The molecule has 2 aliphatic rings. The molecule has 2 rings (SSSR count). The van der Waals surface area contributed by atoms with Crippen LogP contribution < -0.4 is 0 Å². The Hall–Kier alpha value is -0.445. The molecule has 0 N–H and O–H groups in total. The fourth-order valence-corrected chi connectivity index (χ4v) is 1.82. The zero-order chi connectivity index (χ0) is 5.56. The van der Waals surface area contributed by atoms with Gasteiger partial charge in [-0.1, -0.05) is 12.6 Å². The van der Waals surface area contributed by atoms with Gasteiger partial charge in [0, 0.05) is 5.97 Å². The Kier molecular flexibility index (Phi) is 0.711. The molecule has 2 atom stereocenters. The number of fused-ring (bicyclic) bond motifs is 1. The van der Waals surface area contributed by atoms with Crippen molar-refractivity contribution in [2.75, 3.05) is 0 Å². The molecule has 2 fully saturated rings. The smallest absolute Gasteiger partial charge is 0.213 e. The monoisotopic (exact) mass is 105 g/mol. The first-order chi connectivity index (χ1) is 3.90. The van der Waals surface area contributed by atoms with Crippen LogP contribution in [0.2, 0.25) is 12.6 Å². The summed E-state index contributed by atoms with van der Waals surface area (Å²) in [6.45, 7) is 0.429. The van der Waals surface area contributed by atoms with Crippen LogP contribution in [-0.4, -0.2) is 6.71 Å². The lowest BCUT2D eigenvalue weighted by atomic mass is 9.48. The van der Waals surface area contributed by atoms with E-state index in [9.17, 15) is 0 Å². The third kappa shape index (κ3) is 0.476. The Bertz CT molecular complexity index is 139. The van der Waals surface area contributed by atoms with Crippen LogP contribution in [0.5, 0.6) is 0 Å². The Morgan fingerprint density at radius 3 is 2.38 bits per heavy atom. The molecule has 0 aromatic carbocycles. The van der Waals surface area contributed by atoms with Gasteiger partial charge in [0.05, 0.1) is 0 Å². The quantitative estimate of drug-likeness (QED) is 0.424. The normalized spacial score (nSPS) is 41.1. The van der Waals surface area contributed by atoms with E-state index in [1.54, 1.807) is 0 Å². The first-order valence-corrected chi connectivity index (χ1v) is 3.30. The summed E-state index contributed by atoms with van der Waals surface area (Å²) in [5.74, 6) is 4.27. The highest BCUT2D eigenvalue weighted by molar-refractivity contribution is 6.68. The Morgan fingerprint density at radius 1 is 1.38 bits per heavy atom. The van der Waals surface area contributed by atoms with Gasteiger partial charge in [-0.3, -0.25) is 0 Å². The lowest BCUT2D eigenvalue weighted by Gasteiger charge is -1.89. The van der Waals surface area contributed by atoms with E-state index in [0.29, 0.717) is 6.71 Å². The van der Waals surface area contributed by atoms with Crippen molar-refractivity contribution in [2.45, 2.75) is 19.1 Å². The fraction of sp³-hybridized carbons (Fsp3) is 0.833. The molecule has 2 heteroatoms. The molecule has 1 nitrogen and oxygen atoms in total. The van der Waals surface area contributed by atoms with Gasteiger partial charge in [-0.25, -0.2) is 5.26 Å². The summed E-state index contributed by atoms with van der Waals surface area (Å²) in [7, 11) is 0. The maximum absolute atomic E-state index is 8.45. The van der Waals surface area contributed by atoms with Crippen LogP contribution in [-0.2, 0) is 0 Å². The van der Waals surface area contributed by atoms with E-state index in [-0.39, 0.29) is 0 Å². The predicted octanol–water partition coefficient (Wildman–Crippen LogP) is 1.19. The molecule has 1 aliphatic heterocycles. The van der Waals surface area contributed by atoms with Crippen molar-refractivity contribution in [3.8, 4) is 5.97 Å². The molecule has 0 unspecified atom stereocenters. The van der Waals surface area contributed by atoms with Crippen molar-refractivity contribution in [1.29, 1.82) is 5.26 Å². The molecule has 1 heterocycles. The van der Waals surface area contributed by atoms with Crippen LogP contribution in [0.15, 0.2) is 0 Å². The lowest BCUT2D eigenvalue weighted by molar-refractivity contribution is 0.882. The number of hydrogen-bond donors (Lipinski definition) is 0. The molecule has 0 aromatic rings. The minimum Gasteiger partial charge on any atom is -0.213 e. The van der Waals surface area contributed by atoms with Crippen LogP contribution in [0.3, 0.4) is 0 Å². The molecule has 1 aliphatic carbocycles. The second-order valence-corrected chi connectivity index (χ2v) is 3.05. The molecule has 40 valence electrons. The van der Waals surface area contributed by atoms with Gasteiger partial charge in [-0.05, 0) is 18.3 Å². The van der Waals surface area contributed by atoms with E-state index in [2.05, 4.69) is 5.97 Å². The molecular weight excluding hydrogens is 96.9 g/mol. The first kappa shape index (κ1) is 4.44. The molecule has 0 aromatic heterocycles. The van der Waals surface area contributed by atoms with Gasteiger partial charge in [-0.15, -0.1) is 0 Å². The van der Waals surface area contributed by atoms with E-state index < -0.39 is 0 Å². The van der Waals surface area contributed by atoms with Crippen molar-refractivity contribution in [1.82, 2.24) is 0 Å². The second-order valence-electron chi connectivity index (χ2n) is 3.05. The van der Waals surface area contributed by atoms with Gasteiger partial charge in [0.25, 0.3) is 6.71 Å². The molecule has 0 bridgehead atoms. The van der Waals surface area contributed by atoms with E-state index in [1.807, 2.05) is 0 Å². The van der Waals surface area contributed by atoms with E-state index in [0.717, 1.165) is 11.8 Å². The van der Waals surface area contributed by atoms with Crippen LogP contribution in [0, 0.1) is 23.1 Å². The molecule has 8 heavy (non-hydrogen) atoms. The van der Waals surface area contributed by atoms with Crippen molar-refractivity contribution >= 4 is 6.71 Å². The van der Waals surface area contributed by atoms with Crippen molar-refractivity contribution in [3.05, 3.63) is 0 Å². The van der Waals surface area contributed by atoms with Crippen molar-refractivity contribution in [2.24, 2.45) is 11.8 Å². The van der Waals surface area contributed by atoms with Crippen LogP contribution in [0.1, 0.15) is 6.42 Å². The maximum atomic E-state index is 8.45. The van der Waals surface area contributed by atoms with Gasteiger partial charge in [-0.2, -0.15) is 0 Å². The van der Waals surface area contributed by atoms with Crippen molar-refractivity contribution in [3.63, 3.8) is 0 Å². The summed E-state index contributed by atoms with van der Waals surface area (Å²) < 4.78 is 0. The van der Waals surface area contributed by atoms with Crippen LogP contribution in [0.4, 0.5) is 0 Å². The SMILES string of the molecule is N#CB1C[C@@H]2C[C@@H]2C1. The molecule has 0 radical (unpaired) electrons. The summed E-state index contributed by atoms with van der Waals surface area (Å²) in [4.78, 5) is 0. The topological polar surface area (TPSA) is 23.8 Å². The van der Waals surface area contributed by atoms with Gasteiger partial charge >= 0.3 is 0 Å². The molecule has 1 saturated heterocycles. The van der Waals surface area contributed by atoms with Gasteiger partial charge in [0.2, 0.25) is 0 Å². The third-order valence-electron chi connectivity index (χ3n) is 2.43. The minimum absolute atomic E-state index is 0.429. The van der Waals surface area contributed by atoms with E-state index >= 15 is 0 Å². The largest absolute Gasteiger partial charge is 0.268 e. The van der Waals surface area contributed by atoms with Crippen LogP contribution >= 0.6 is 0 Å². The number of hydrogen-bond acceptors (Lipinski definition) is 1. The molecule has 0 spiro atoms. The first-order valence-electron chi connectivity index (χ1n) is 3.30. The lowest BCUT2D eigenvalue weighted by Crippen LogP contribution is -2.04. The molecular formula is C6H8BN. The Morgan fingerprint density at radius 2 is 2.00 bits per heavy atom. The number of rotatable bonds is 0. The Balaban J connectivity index is 2.01. The van der Waals surface area contributed by atoms with Crippen molar-refractivity contribution < 1.29 is 0 Å². The summed E-state index contributed by atoms with van der Waals surface area (Å²) in [6.07, 6.45) is 3.85. The van der Waals surface area contributed by atoms with E-state index in [4.69, 9.17) is 5.26 Å². The Labute approximate surface area is 49.8 Å². The highest BCUT2D eigenvalue weighted by Gasteiger charge is 2.47. The highest BCUT2D eigenvalue weighted by Crippen LogP contribution is 2.52. The standard InChI is InChI=1S/C6H8BN/c8-4-7-2-5-1-6(5)3-7/h5-6H,1-3H2/t5-,6+. The molecule has 1 saturated carbocycles. The zero-order valence-corrected chi connectivity index (χ0v) is 4.80. The minimum atomic E-state index is 0.429. The molecule has 0 amide bonds. The van der Waals surface area contributed by atoms with Gasteiger partial charge in [0.1, 0.15) is 0 Å². The zero-order valence-electron chi connectivity index (χ0n) is 4.80. The van der Waals surface area contributed by atoms with E-state index in [1.165, 1.54) is 19.1 Å². The number of nitrogens with zero attached hydrogens (tertiary/aromatic N) is 1. The summed E-state index contributed by atoms with van der Waals surface area (Å²) in [5, 5.41) is 8.45. The van der Waals surface area contributed by atoms with Gasteiger partial charge in [0.15, 0.2) is 0 Å². The predicted molar refractivity (Wildman–Crippen MR) is 32.6 cm³/mol.